The summed E-state index contributed by atoms with van der Waals surface area (Å²) in [7, 11) is 0. The van der Waals surface area contributed by atoms with Crippen LogP contribution < -0.4 is 5.32 Å². The quantitative estimate of drug-likeness (QED) is 0.469. The van der Waals surface area contributed by atoms with Crippen LogP contribution in [0.3, 0.4) is 0 Å². The van der Waals surface area contributed by atoms with E-state index < -0.39 is 0 Å². The van der Waals surface area contributed by atoms with E-state index in [9.17, 15) is 4.79 Å². The van der Waals surface area contributed by atoms with E-state index in [1.165, 1.54) is 5.56 Å². The predicted molar refractivity (Wildman–Crippen MR) is 119 cm³/mol. The van der Waals surface area contributed by atoms with E-state index in [4.69, 9.17) is 4.98 Å². The van der Waals surface area contributed by atoms with Crippen molar-refractivity contribution < 1.29 is 4.79 Å². The molecule has 0 spiro atoms. The van der Waals surface area contributed by atoms with Gasteiger partial charge in [0.1, 0.15) is 5.65 Å². The van der Waals surface area contributed by atoms with Gasteiger partial charge < -0.3 is 5.32 Å². The Balaban J connectivity index is 1.72. The van der Waals surface area contributed by atoms with Crippen LogP contribution in [0, 0.1) is 20.8 Å². The molecule has 4 nitrogen and oxygen atoms in total. The van der Waals surface area contributed by atoms with Gasteiger partial charge in [-0.25, -0.2) is 4.98 Å². The first-order valence-corrected chi connectivity index (χ1v) is 9.62. The number of rotatable bonds is 4. The molecule has 4 rings (SSSR count). The number of carbonyl (C=O) groups is 1. The van der Waals surface area contributed by atoms with Crippen LogP contribution in [0.4, 0.5) is 5.69 Å². The number of imidazole rings is 1. The fourth-order valence-corrected chi connectivity index (χ4v) is 3.29. The van der Waals surface area contributed by atoms with E-state index in [-0.39, 0.29) is 5.91 Å². The van der Waals surface area contributed by atoms with Crippen molar-refractivity contribution in [3.05, 3.63) is 95.3 Å². The number of anilines is 1. The Labute approximate surface area is 170 Å². The zero-order chi connectivity index (χ0) is 20.4. The molecule has 4 aromatic rings. The maximum absolute atomic E-state index is 12.5. The summed E-state index contributed by atoms with van der Waals surface area (Å²) in [6.07, 6.45) is 5.39. The Kier molecular flexibility index (Phi) is 5.00. The third-order valence-corrected chi connectivity index (χ3v) is 4.94. The van der Waals surface area contributed by atoms with E-state index in [1.54, 1.807) is 6.08 Å². The van der Waals surface area contributed by atoms with Gasteiger partial charge in [-0.2, -0.15) is 0 Å². The van der Waals surface area contributed by atoms with Crippen molar-refractivity contribution >= 4 is 23.3 Å². The molecule has 0 aliphatic carbocycles. The number of pyridine rings is 1. The summed E-state index contributed by atoms with van der Waals surface area (Å²) >= 11 is 0. The SMILES string of the molecule is Cc1ccc(-c2nc3cc(C)ccn3c2/C=C/C(=O)Nc2ccccc2C)cc1. The predicted octanol–water partition coefficient (Wildman–Crippen LogP) is 5.58. The Bertz CT molecular complexity index is 1220. The molecule has 0 saturated heterocycles. The highest BCUT2D eigenvalue weighted by Crippen LogP contribution is 2.26. The topological polar surface area (TPSA) is 46.4 Å². The third kappa shape index (κ3) is 3.97. The maximum Gasteiger partial charge on any atom is 0.248 e. The molecule has 144 valence electrons. The summed E-state index contributed by atoms with van der Waals surface area (Å²) in [6, 6.07) is 20.1. The molecule has 1 N–H and O–H groups in total. The molecule has 1 amide bonds. The van der Waals surface area contributed by atoms with Gasteiger partial charge in [-0.3, -0.25) is 9.20 Å². The molecule has 0 saturated carbocycles. The summed E-state index contributed by atoms with van der Waals surface area (Å²) in [5.74, 6) is -0.170. The van der Waals surface area contributed by atoms with E-state index >= 15 is 0 Å². The van der Waals surface area contributed by atoms with Crippen LogP contribution >= 0.6 is 0 Å². The van der Waals surface area contributed by atoms with Crippen LogP contribution in [-0.2, 0) is 4.79 Å². The van der Waals surface area contributed by atoms with E-state index in [0.717, 1.165) is 39.4 Å². The van der Waals surface area contributed by atoms with Crippen LogP contribution in [0.2, 0.25) is 0 Å². The molecule has 0 aliphatic heterocycles. The minimum atomic E-state index is -0.170. The van der Waals surface area contributed by atoms with Gasteiger partial charge in [-0.15, -0.1) is 0 Å². The lowest BCUT2D eigenvalue weighted by molar-refractivity contribution is -0.111. The second-order valence-corrected chi connectivity index (χ2v) is 7.28. The Morgan fingerprint density at radius 3 is 2.48 bits per heavy atom. The first kappa shape index (κ1) is 18.7. The van der Waals surface area contributed by atoms with Crippen molar-refractivity contribution in [2.75, 3.05) is 5.32 Å². The molecule has 2 heterocycles. The molecule has 4 heteroatoms. The summed E-state index contributed by atoms with van der Waals surface area (Å²) in [5, 5.41) is 2.94. The van der Waals surface area contributed by atoms with Crippen molar-refractivity contribution in [3.8, 4) is 11.3 Å². The van der Waals surface area contributed by atoms with E-state index in [2.05, 4.69) is 36.5 Å². The Morgan fingerprint density at radius 2 is 1.72 bits per heavy atom. The second kappa shape index (κ2) is 7.76. The second-order valence-electron chi connectivity index (χ2n) is 7.28. The molecule has 2 aromatic heterocycles. The summed E-state index contributed by atoms with van der Waals surface area (Å²) in [6.45, 7) is 6.08. The fraction of sp³-hybridized carbons (Fsp3) is 0.120. The molecular weight excluding hydrogens is 358 g/mol. The molecule has 0 bridgehead atoms. The third-order valence-electron chi connectivity index (χ3n) is 4.94. The smallest absolute Gasteiger partial charge is 0.248 e. The van der Waals surface area contributed by atoms with E-state index in [1.807, 2.05) is 66.9 Å². The lowest BCUT2D eigenvalue weighted by atomic mass is 10.1. The average Bonchev–Trinajstić information content (AvgIpc) is 3.06. The number of benzene rings is 2. The van der Waals surface area contributed by atoms with Gasteiger partial charge in [0, 0.05) is 23.5 Å². The first-order chi connectivity index (χ1) is 14.0. The summed E-state index contributed by atoms with van der Waals surface area (Å²) in [4.78, 5) is 17.3. The number of hydrogen-bond donors (Lipinski definition) is 1. The molecule has 0 aliphatic rings. The standard InChI is InChI=1S/C25H23N3O/c1-17-8-10-20(11-9-17)25-22(28-15-14-18(2)16-23(28)27-25)12-13-24(29)26-21-7-5-4-6-19(21)3/h4-16H,1-3H3,(H,26,29)/b13-12+. The molecule has 29 heavy (non-hydrogen) atoms. The number of nitrogens with one attached hydrogen (secondary N) is 1. The summed E-state index contributed by atoms with van der Waals surface area (Å²) < 4.78 is 2.01. The van der Waals surface area contributed by atoms with Crippen molar-refractivity contribution in [1.29, 1.82) is 0 Å². The number of hydrogen-bond acceptors (Lipinski definition) is 2. The average molecular weight is 381 g/mol. The monoisotopic (exact) mass is 381 g/mol. The molecule has 0 atom stereocenters. The normalized spacial score (nSPS) is 11.3. The van der Waals surface area contributed by atoms with Gasteiger partial charge in [0.15, 0.2) is 0 Å². The minimum absolute atomic E-state index is 0.170. The number of nitrogens with zero attached hydrogens (tertiary/aromatic N) is 2. The number of carbonyl (C=O) groups excluding carboxylic acids is 1. The molecule has 2 aromatic carbocycles. The van der Waals surface area contributed by atoms with Crippen LogP contribution in [0.25, 0.3) is 23.0 Å². The van der Waals surface area contributed by atoms with Gasteiger partial charge in [0.2, 0.25) is 5.91 Å². The highest BCUT2D eigenvalue weighted by Gasteiger charge is 2.12. The number of aryl methyl sites for hydroxylation is 3. The fourth-order valence-electron chi connectivity index (χ4n) is 3.29. The molecule has 0 unspecified atom stereocenters. The Hall–Kier alpha value is -3.66. The number of fused-ring (bicyclic) bond motifs is 1. The number of aromatic nitrogens is 2. The highest BCUT2D eigenvalue weighted by molar-refractivity contribution is 6.02. The zero-order valence-electron chi connectivity index (χ0n) is 16.8. The molecular formula is C25H23N3O. The summed E-state index contributed by atoms with van der Waals surface area (Å²) in [5.41, 5.74) is 7.80. The first-order valence-electron chi connectivity index (χ1n) is 9.62. The van der Waals surface area contributed by atoms with Crippen molar-refractivity contribution in [3.63, 3.8) is 0 Å². The van der Waals surface area contributed by atoms with Crippen molar-refractivity contribution in [2.24, 2.45) is 0 Å². The van der Waals surface area contributed by atoms with Crippen molar-refractivity contribution in [1.82, 2.24) is 9.38 Å². The largest absolute Gasteiger partial charge is 0.322 e. The number of para-hydroxylation sites is 1. The van der Waals surface area contributed by atoms with Crippen LogP contribution in [0.1, 0.15) is 22.4 Å². The van der Waals surface area contributed by atoms with Crippen LogP contribution in [-0.4, -0.2) is 15.3 Å². The lowest BCUT2D eigenvalue weighted by Gasteiger charge is -2.05. The minimum Gasteiger partial charge on any atom is -0.322 e. The molecule has 0 fully saturated rings. The lowest BCUT2D eigenvalue weighted by Crippen LogP contribution is -2.08. The van der Waals surface area contributed by atoms with E-state index in [0.29, 0.717) is 0 Å². The van der Waals surface area contributed by atoms with Gasteiger partial charge in [0.05, 0.1) is 11.4 Å². The van der Waals surface area contributed by atoms with Gasteiger partial charge in [0.25, 0.3) is 0 Å². The molecule has 0 radical (unpaired) electrons. The highest BCUT2D eigenvalue weighted by atomic mass is 16.1. The van der Waals surface area contributed by atoms with Gasteiger partial charge in [-0.1, -0.05) is 48.0 Å². The van der Waals surface area contributed by atoms with Crippen LogP contribution in [0.15, 0.2) is 72.9 Å². The zero-order valence-corrected chi connectivity index (χ0v) is 16.8. The van der Waals surface area contributed by atoms with Gasteiger partial charge in [-0.05, 0) is 56.2 Å². The number of amides is 1. The van der Waals surface area contributed by atoms with Crippen LogP contribution in [0.5, 0.6) is 0 Å². The Morgan fingerprint density at radius 1 is 0.966 bits per heavy atom. The van der Waals surface area contributed by atoms with Crippen molar-refractivity contribution in [2.45, 2.75) is 20.8 Å². The maximum atomic E-state index is 12.5. The van der Waals surface area contributed by atoms with Gasteiger partial charge >= 0.3 is 0 Å².